The molecule has 0 aliphatic carbocycles. The smallest absolute Gasteiger partial charge is 0.229 e. The molecule has 246 valence electrons. The summed E-state index contributed by atoms with van der Waals surface area (Å²) in [6.45, 7) is -1.62. The second kappa shape index (κ2) is 12.9. The molecule has 0 unspecified atom stereocenters. The van der Waals surface area contributed by atoms with Crippen LogP contribution in [0.3, 0.4) is 0 Å². The van der Waals surface area contributed by atoms with Crippen molar-refractivity contribution in [2.45, 2.75) is 61.4 Å². The fourth-order valence-electron chi connectivity index (χ4n) is 5.11. The van der Waals surface area contributed by atoms with Crippen LogP contribution < -0.4 is 14.9 Å². The Kier molecular flexibility index (Phi) is 9.38. The highest BCUT2D eigenvalue weighted by Crippen LogP contribution is 2.42. The predicted molar refractivity (Wildman–Crippen MR) is 146 cm³/mol. The molecule has 1 aromatic heterocycles. The van der Waals surface area contributed by atoms with Gasteiger partial charge in [-0.25, -0.2) is 0 Å². The molecule has 3 aromatic rings. The molecule has 2 aliphatic rings. The molecule has 3 heterocycles. The molecule has 2 aliphatic heterocycles. The molecule has 0 saturated carbocycles. The number of aromatic hydroxyl groups is 3. The maximum atomic E-state index is 12.9. The van der Waals surface area contributed by atoms with Crippen LogP contribution in [0.5, 0.6) is 28.7 Å². The number of benzene rings is 2. The quantitative estimate of drug-likeness (QED) is 0.115. The zero-order valence-electron chi connectivity index (χ0n) is 23.4. The van der Waals surface area contributed by atoms with E-state index >= 15 is 0 Å². The standard InChI is InChI=1S/C28H32O17/c1-40-13-3-2-9(4-10(13)31)14-5-11(32)18-12(33)6-15(21(36)25(18)41-14)42-28-26(23(38)20(35)17(8-30)44-28)45-27-24(39)22(37)19(34)16(7-29)43-27/h2-6,16-17,19-20,22-24,26-31,33-39H,7-8H2,1H3/t16-,17+,19+,20+,22-,23-,24-,26+,27-,28+/m0/s1. The summed E-state index contributed by atoms with van der Waals surface area (Å²) in [6, 6.07) is 5.94. The summed E-state index contributed by atoms with van der Waals surface area (Å²) in [6.07, 6.45) is -17.6. The fraction of sp³-hybridized carbons (Fsp3) is 0.464. The molecule has 0 amide bonds. The van der Waals surface area contributed by atoms with Crippen molar-refractivity contribution in [2.75, 3.05) is 20.3 Å². The SMILES string of the molecule is COc1ccc(-c2cc(=O)c3c(O)cc(O[C@@H]4O[C@H](CO)[C@@H](O)[C@H](O)[C@H]4O[C@@H]4O[C@@H](CO)[C@@H](O)[C@H](O)[C@@H]4O)c(O)c3o2)cc1O. The Bertz CT molecular complexity index is 1570. The maximum Gasteiger partial charge on any atom is 0.229 e. The molecule has 0 spiro atoms. The van der Waals surface area contributed by atoms with Crippen molar-refractivity contribution in [1.29, 1.82) is 0 Å². The molecule has 17 heteroatoms. The molecule has 10 atom stereocenters. The van der Waals surface area contributed by atoms with Gasteiger partial charge in [0.25, 0.3) is 0 Å². The van der Waals surface area contributed by atoms with E-state index in [0.717, 1.165) is 12.1 Å². The summed E-state index contributed by atoms with van der Waals surface area (Å²) in [5.41, 5.74) is -1.13. The van der Waals surface area contributed by atoms with E-state index in [0.29, 0.717) is 0 Å². The van der Waals surface area contributed by atoms with Gasteiger partial charge in [-0.1, -0.05) is 0 Å². The van der Waals surface area contributed by atoms with Crippen LogP contribution in [0.15, 0.2) is 39.5 Å². The zero-order valence-corrected chi connectivity index (χ0v) is 23.4. The molecule has 0 bridgehead atoms. The van der Waals surface area contributed by atoms with Crippen LogP contribution in [0.2, 0.25) is 0 Å². The Morgan fingerprint density at radius 3 is 2.02 bits per heavy atom. The first-order chi connectivity index (χ1) is 21.4. The number of rotatable bonds is 8. The van der Waals surface area contributed by atoms with Crippen molar-refractivity contribution >= 4 is 11.0 Å². The van der Waals surface area contributed by atoms with Crippen LogP contribution >= 0.6 is 0 Å². The van der Waals surface area contributed by atoms with Crippen molar-refractivity contribution in [3.8, 4) is 40.1 Å². The number of methoxy groups -OCH3 is 1. The van der Waals surface area contributed by atoms with Crippen molar-refractivity contribution in [3.05, 3.63) is 40.6 Å². The maximum absolute atomic E-state index is 12.9. The molecular weight excluding hydrogens is 608 g/mol. The normalized spacial score (nSPS) is 32.0. The Morgan fingerprint density at radius 1 is 0.756 bits per heavy atom. The summed E-state index contributed by atoms with van der Waals surface area (Å²) in [4.78, 5) is 12.9. The fourth-order valence-corrected chi connectivity index (χ4v) is 5.11. The topological polar surface area (TPSA) is 279 Å². The average Bonchev–Trinajstić information content (AvgIpc) is 3.02. The van der Waals surface area contributed by atoms with E-state index in [-0.39, 0.29) is 22.8 Å². The summed E-state index contributed by atoms with van der Waals surface area (Å²) < 4.78 is 32.9. The summed E-state index contributed by atoms with van der Waals surface area (Å²) in [7, 11) is 1.34. The second-order valence-electron chi connectivity index (χ2n) is 10.4. The molecular formula is C28H32O17. The van der Waals surface area contributed by atoms with E-state index < -0.39 is 108 Å². The van der Waals surface area contributed by atoms with Crippen LogP contribution in [0.1, 0.15) is 0 Å². The number of phenolic OH excluding ortho intramolecular Hbond substituents is 3. The first-order valence-corrected chi connectivity index (χ1v) is 13.5. The third kappa shape index (κ3) is 5.98. The third-order valence-electron chi connectivity index (χ3n) is 7.59. The minimum Gasteiger partial charge on any atom is -0.507 e. The van der Waals surface area contributed by atoms with Gasteiger partial charge in [-0.2, -0.15) is 0 Å². The van der Waals surface area contributed by atoms with Crippen molar-refractivity contribution in [3.63, 3.8) is 0 Å². The van der Waals surface area contributed by atoms with Gasteiger partial charge in [0.1, 0.15) is 59.6 Å². The lowest BCUT2D eigenvalue weighted by molar-refractivity contribution is -0.358. The lowest BCUT2D eigenvalue weighted by Crippen LogP contribution is -2.65. The second-order valence-corrected chi connectivity index (χ2v) is 10.4. The van der Waals surface area contributed by atoms with Crippen LogP contribution in [-0.2, 0) is 14.2 Å². The van der Waals surface area contributed by atoms with Gasteiger partial charge in [0.2, 0.25) is 12.0 Å². The minimum atomic E-state index is -1.92. The van der Waals surface area contributed by atoms with Gasteiger partial charge in [0.15, 0.2) is 40.7 Å². The van der Waals surface area contributed by atoms with Crippen LogP contribution in [0, 0.1) is 0 Å². The lowest BCUT2D eigenvalue weighted by Gasteiger charge is -2.45. The van der Waals surface area contributed by atoms with Gasteiger partial charge in [-0.15, -0.1) is 0 Å². The molecule has 17 nitrogen and oxygen atoms in total. The largest absolute Gasteiger partial charge is 0.507 e. The number of ether oxygens (including phenoxy) is 5. The van der Waals surface area contributed by atoms with Gasteiger partial charge in [-0.05, 0) is 18.2 Å². The Labute approximate surface area is 252 Å². The molecule has 2 saturated heterocycles. The number of aliphatic hydroxyl groups excluding tert-OH is 7. The Morgan fingerprint density at radius 2 is 1.40 bits per heavy atom. The minimum absolute atomic E-state index is 0.131. The van der Waals surface area contributed by atoms with Gasteiger partial charge in [0, 0.05) is 17.7 Å². The number of fused-ring (bicyclic) bond motifs is 1. The zero-order chi connectivity index (χ0) is 32.7. The number of hydrogen-bond acceptors (Lipinski definition) is 17. The molecule has 0 radical (unpaired) electrons. The van der Waals surface area contributed by atoms with Crippen molar-refractivity contribution in [2.24, 2.45) is 0 Å². The van der Waals surface area contributed by atoms with E-state index in [2.05, 4.69) is 0 Å². The summed E-state index contributed by atoms with van der Waals surface area (Å²) >= 11 is 0. The van der Waals surface area contributed by atoms with Crippen LogP contribution in [0.25, 0.3) is 22.3 Å². The van der Waals surface area contributed by atoms with Crippen LogP contribution in [-0.4, -0.2) is 133 Å². The molecule has 5 rings (SSSR count). The highest BCUT2D eigenvalue weighted by molar-refractivity contribution is 5.91. The molecule has 2 fully saturated rings. The molecule has 10 N–H and O–H groups in total. The highest BCUT2D eigenvalue weighted by atomic mass is 16.8. The first-order valence-electron chi connectivity index (χ1n) is 13.5. The summed E-state index contributed by atoms with van der Waals surface area (Å²) in [5, 5.41) is 103. The van der Waals surface area contributed by atoms with Crippen molar-refractivity contribution < 1.29 is 79.2 Å². The Hall–Kier alpha value is -3.75. The molecule has 2 aromatic carbocycles. The Balaban J connectivity index is 1.52. The van der Waals surface area contributed by atoms with Gasteiger partial charge in [0.05, 0.1) is 20.3 Å². The summed E-state index contributed by atoms with van der Waals surface area (Å²) in [5.74, 6) is -2.41. The van der Waals surface area contributed by atoms with Crippen LogP contribution in [0.4, 0.5) is 0 Å². The van der Waals surface area contributed by atoms with E-state index in [9.17, 15) is 55.9 Å². The monoisotopic (exact) mass is 640 g/mol. The number of aliphatic hydroxyl groups is 7. The van der Waals surface area contributed by atoms with Crippen molar-refractivity contribution in [1.82, 2.24) is 0 Å². The third-order valence-corrected chi connectivity index (χ3v) is 7.59. The van der Waals surface area contributed by atoms with E-state index in [1.54, 1.807) is 0 Å². The number of phenols is 3. The van der Waals surface area contributed by atoms with Gasteiger partial charge >= 0.3 is 0 Å². The molecule has 45 heavy (non-hydrogen) atoms. The van der Waals surface area contributed by atoms with E-state index in [4.69, 9.17) is 28.1 Å². The average molecular weight is 641 g/mol. The highest BCUT2D eigenvalue weighted by Gasteiger charge is 2.51. The first kappa shape index (κ1) is 32.6. The van der Waals surface area contributed by atoms with Gasteiger partial charge < -0.3 is 79.2 Å². The van der Waals surface area contributed by atoms with E-state index in [1.165, 1.54) is 25.3 Å². The van der Waals surface area contributed by atoms with E-state index in [1.807, 2.05) is 0 Å². The number of hydrogen-bond donors (Lipinski definition) is 10. The predicted octanol–water partition coefficient (Wildman–Crippen LogP) is -2.41. The lowest BCUT2D eigenvalue weighted by atomic mass is 9.97. The van der Waals surface area contributed by atoms with Gasteiger partial charge in [-0.3, -0.25) is 4.79 Å².